The molecule has 7 heteroatoms. The number of phenolic OH excluding ortho intramolecular Hbond substituents is 1. The first-order chi connectivity index (χ1) is 18.4. The number of carbonyl (C=O) groups excluding carboxylic acids is 1. The topological polar surface area (TPSA) is 75.9 Å². The lowest BCUT2D eigenvalue weighted by Gasteiger charge is -2.11. The number of phenols is 1. The smallest absolute Gasteiger partial charge is 0.275 e. The van der Waals surface area contributed by atoms with E-state index in [0.29, 0.717) is 6.61 Å². The first kappa shape index (κ1) is 25.3. The standard InChI is InChI=1S/C31H26BrN3O3/c1-20-15-25(18-33-34-31(37)29-16-23-5-3-4-6-24(23)17-30(29)36)21(2)35(20)27-11-13-28(14-12-27)38-19-22-7-9-26(32)10-8-22/h3-18,36H,19H2,1-2H3,(H,34,37). The van der Waals surface area contributed by atoms with Crippen molar-refractivity contribution in [1.82, 2.24) is 9.99 Å². The summed E-state index contributed by atoms with van der Waals surface area (Å²) in [6.07, 6.45) is 1.62. The predicted molar refractivity (Wildman–Crippen MR) is 154 cm³/mol. The van der Waals surface area contributed by atoms with Gasteiger partial charge in [-0.3, -0.25) is 4.79 Å². The van der Waals surface area contributed by atoms with Crippen molar-refractivity contribution >= 4 is 38.8 Å². The molecule has 1 amide bonds. The van der Waals surface area contributed by atoms with Crippen molar-refractivity contribution in [1.29, 1.82) is 0 Å². The van der Waals surface area contributed by atoms with Gasteiger partial charge in [-0.1, -0.05) is 52.3 Å². The number of rotatable bonds is 7. The maximum absolute atomic E-state index is 12.7. The lowest BCUT2D eigenvalue weighted by molar-refractivity contribution is 0.0952. The van der Waals surface area contributed by atoms with Gasteiger partial charge in [0.15, 0.2) is 0 Å². The molecule has 0 fully saturated rings. The number of ether oxygens (including phenoxy) is 1. The van der Waals surface area contributed by atoms with Gasteiger partial charge in [0.1, 0.15) is 18.1 Å². The van der Waals surface area contributed by atoms with Gasteiger partial charge in [-0.05, 0) is 84.8 Å². The Morgan fingerprint density at radius 3 is 2.37 bits per heavy atom. The van der Waals surface area contributed by atoms with E-state index in [0.717, 1.165) is 49.2 Å². The van der Waals surface area contributed by atoms with Crippen LogP contribution in [0, 0.1) is 13.8 Å². The number of carbonyl (C=O) groups is 1. The highest BCUT2D eigenvalue weighted by Gasteiger charge is 2.13. The third-order valence-electron chi connectivity index (χ3n) is 6.36. The molecule has 0 aliphatic carbocycles. The molecule has 0 atom stereocenters. The number of hydrazone groups is 1. The highest BCUT2D eigenvalue weighted by molar-refractivity contribution is 9.10. The Morgan fingerprint density at radius 1 is 0.974 bits per heavy atom. The Labute approximate surface area is 229 Å². The van der Waals surface area contributed by atoms with E-state index in [1.807, 2.05) is 92.7 Å². The number of fused-ring (bicyclic) bond motifs is 1. The quantitative estimate of drug-likeness (QED) is 0.163. The zero-order valence-corrected chi connectivity index (χ0v) is 22.6. The molecule has 6 nitrogen and oxygen atoms in total. The van der Waals surface area contributed by atoms with Crippen LogP contribution in [0.4, 0.5) is 0 Å². The van der Waals surface area contributed by atoms with E-state index in [1.54, 1.807) is 18.3 Å². The number of amides is 1. The van der Waals surface area contributed by atoms with Crippen LogP contribution in [0.2, 0.25) is 0 Å². The highest BCUT2D eigenvalue weighted by atomic mass is 79.9. The molecule has 4 aromatic carbocycles. The average molecular weight is 568 g/mol. The summed E-state index contributed by atoms with van der Waals surface area (Å²) in [7, 11) is 0. The van der Waals surface area contributed by atoms with Crippen LogP contribution in [0.15, 0.2) is 101 Å². The third-order valence-corrected chi connectivity index (χ3v) is 6.89. The number of aromatic hydroxyl groups is 1. The van der Waals surface area contributed by atoms with E-state index < -0.39 is 5.91 Å². The molecule has 0 aliphatic rings. The maximum Gasteiger partial charge on any atom is 0.275 e. The predicted octanol–water partition coefficient (Wildman–Crippen LogP) is 7.06. The van der Waals surface area contributed by atoms with Crippen LogP contribution in [-0.2, 0) is 6.61 Å². The van der Waals surface area contributed by atoms with Crippen LogP contribution < -0.4 is 10.2 Å². The molecule has 38 heavy (non-hydrogen) atoms. The molecule has 5 rings (SSSR count). The number of aryl methyl sites for hydroxylation is 1. The first-order valence-electron chi connectivity index (χ1n) is 12.1. The fourth-order valence-electron chi connectivity index (χ4n) is 4.39. The fraction of sp³-hybridized carbons (Fsp3) is 0.0968. The van der Waals surface area contributed by atoms with Gasteiger partial charge in [-0.15, -0.1) is 0 Å². The number of nitrogens with zero attached hydrogens (tertiary/aromatic N) is 2. The number of halogens is 1. The zero-order chi connectivity index (χ0) is 26.6. The van der Waals surface area contributed by atoms with Gasteiger partial charge < -0.3 is 14.4 Å². The molecule has 0 unspecified atom stereocenters. The minimum Gasteiger partial charge on any atom is -0.507 e. The first-order valence-corrected chi connectivity index (χ1v) is 12.9. The summed E-state index contributed by atoms with van der Waals surface area (Å²) < 4.78 is 9.09. The van der Waals surface area contributed by atoms with Crippen molar-refractivity contribution in [3.05, 3.63) is 124 Å². The Bertz CT molecular complexity index is 1640. The van der Waals surface area contributed by atoms with Crippen molar-refractivity contribution < 1.29 is 14.6 Å². The van der Waals surface area contributed by atoms with Crippen molar-refractivity contribution in [2.45, 2.75) is 20.5 Å². The van der Waals surface area contributed by atoms with E-state index in [9.17, 15) is 9.90 Å². The van der Waals surface area contributed by atoms with Gasteiger partial charge in [0.05, 0.1) is 11.8 Å². The molecule has 5 aromatic rings. The third kappa shape index (κ3) is 5.48. The van der Waals surface area contributed by atoms with Crippen LogP contribution >= 0.6 is 15.9 Å². The van der Waals surface area contributed by atoms with Gasteiger partial charge >= 0.3 is 0 Å². The Morgan fingerprint density at radius 2 is 1.66 bits per heavy atom. The molecule has 0 saturated heterocycles. The summed E-state index contributed by atoms with van der Waals surface area (Å²) in [5, 5.41) is 16.2. The minimum atomic E-state index is -0.475. The van der Waals surface area contributed by atoms with Crippen LogP contribution in [0.3, 0.4) is 0 Å². The van der Waals surface area contributed by atoms with Gasteiger partial charge in [0.25, 0.3) is 5.91 Å². The molecular formula is C31H26BrN3O3. The van der Waals surface area contributed by atoms with Gasteiger partial charge in [0, 0.05) is 27.1 Å². The maximum atomic E-state index is 12.7. The lowest BCUT2D eigenvalue weighted by atomic mass is 10.1. The Kier molecular flexibility index (Phi) is 7.29. The molecule has 190 valence electrons. The summed E-state index contributed by atoms with van der Waals surface area (Å²) in [6, 6.07) is 28.8. The lowest BCUT2D eigenvalue weighted by Crippen LogP contribution is -2.17. The summed E-state index contributed by atoms with van der Waals surface area (Å²) in [4.78, 5) is 12.7. The molecule has 1 heterocycles. The summed E-state index contributed by atoms with van der Waals surface area (Å²) in [5.41, 5.74) is 7.70. The molecule has 1 aromatic heterocycles. The van der Waals surface area contributed by atoms with E-state index in [-0.39, 0.29) is 11.3 Å². The highest BCUT2D eigenvalue weighted by Crippen LogP contribution is 2.25. The number of nitrogens with one attached hydrogen (secondary N) is 1. The number of aromatic nitrogens is 1. The van der Waals surface area contributed by atoms with Crippen LogP contribution in [-0.4, -0.2) is 21.8 Å². The van der Waals surface area contributed by atoms with Crippen molar-refractivity contribution in [2.24, 2.45) is 5.10 Å². The molecular weight excluding hydrogens is 542 g/mol. The summed E-state index contributed by atoms with van der Waals surface area (Å²) in [5.74, 6) is 0.233. The second-order valence-corrected chi connectivity index (χ2v) is 9.90. The molecule has 0 bridgehead atoms. The van der Waals surface area contributed by atoms with Crippen molar-refractivity contribution in [3.63, 3.8) is 0 Å². The molecule has 0 radical (unpaired) electrons. The van der Waals surface area contributed by atoms with E-state index in [1.165, 1.54) is 0 Å². The van der Waals surface area contributed by atoms with Gasteiger partial charge in [-0.25, -0.2) is 5.43 Å². The van der Waals surface area contributed by atoms with Crippen LogP contribution in [0.5, 0.6) is 11.5 Å². The average Bonchev–Trinajstić information content (AvgIpc) is 3.20. The summed E-state index contributed by atoms with van der Waals surface area (Å²) in [6.45, 7) is 4.52. The van der Waals surface area contributed by atoms with Crippen LogP contribution in [0.1, 0.15) is 32.9 Å². The van der Waals surface area contributed by atoms with E-state index >= 15 is 0 Å². The van der Waals surface area contributed by atoms with Gasteiger partial charge in [0.2, 0.25) is 0 Å². The van der Waals surface area contributed by atoms with E-state index in [4.69, 9.17) is 4.74 Å². The zero-order valence-electron chi connectivity index (χ0n) is 21.0. The van der Waals surface area contributed by atoms with Crippen LogP contribution in [0.25, 0.3) is 16.5 Å². The Hall–Kier alpha value is -4.36. The molecule has 0 spiro atoms. The molecule has 2 N–H and O–H groups in total. The van der Waals surface area contributed by atoms with Gasteiger partial charge in [-0.2, -0.15) is 5.10 Å². The number of hydrogen-bond donors (Lipinski definition) is 2. The number of hydrogen-bond acceptors (Lipinski definition) is 4. The summed E-state index contributed by atoms with van der Waals surface area (Å²) >= 11 is 3.45. The second kappa shape index (κ2) is 10.9. The van der Waals surface area contributed by atoms with E-state index in [2.05, 4.69) is 31.0 Å². The second-order valence-electron chi connectivity index (χ2n) is 8.99. The Balaban J connectivity index is 1.26. The largest absolute Gasteiger partial charge is 0.507 e. The normalized spacial score (nSPS) is 11.2. The van der Waals surface area contributed by atoms with Crippen molar-refractivity contribution in [3.8, 4) is 17.2 Å². The monoisotopic (exact) mass is 567 g/mol. The minimum absolute atomic E-state index is 0.0844. The molecule has 0 saturated carbocycles. The SMILES string of the molecule is Cc1cc(C=NNC(=O)c2cc3ccccc3cc2O)c(C)n1-c1ccc(OCc2ccc(Br)cc2)cc1. The fourth-order valence-corrected chi connectivity index (χ4v) is 4.65. The molecule has 0 aliphatic heterocycles. The number of benzene rings is 4. The van der Waals surface area contributed by atoms with Crippen molar-refractivity contribution in [2.75, 3.05) is 0 Å².